The molecule has 1 aliphatic heterocycles. The van der Waals surface area contributed by atoms with Crippen LogP contribution in [-0.4, -0.2) is 19.0 Å². The Morgan fingerprint density at radius 1 is 1.30 bits per heavy atom. The number of hydrogen-bond acceptors (Lipinski definition) is 3. The fourth-order valence-electron chi connectivity index (χ4n) is 5.48. The first-order valence-electron chi connectivity index (χ1n) is 11.2. The monoisotopic (exact) mass is 409 g/mol. The highest BCUT2D eigenvalue weighted by atomic mass is 16.5. The van der Waals surface area contributed by atoms with E-state index in [0.717, 1.165) is 43.4 Å². The van der Waals surface area contributed by atoms with E-state index in [2.05, 4.69) is 57.9 Å². The fourth-order valence-corrected chi connectivity index (χ4v) is 5.48. The van der Waals surface area contributed by atoms with Crippen LogP contribution in [0, 0.1) is 23.3 Å². The number of fused-ring (bicyclic) bond motifs is 3. The Morgan fingerprint density at radius 3 is 2.67 bits per heavy atom. The maximum atomic E-state index is 13.5. The molecule has 4 heteroatoms. The van der Waals surface area contributed by atoms with Crippen molar-refractivity contribution in [1.29, 1.82) is 0 Å². The standard InChI is InChI=1S/C26H35NO3/c1-7-8-9-15-27-21-16-19(18(2)3)11-12-20(21)25(4)13-10-14-26(5,24(29)30-6)22(25)17-23(27)28/h11-12,16,18,22H,7-8,10,13-14,17H2,1-6H3/t22-,25-,26-/m1/s1. The Bertz CT molecular complexity index is 893. The van der Waals surface area contributed by atoms with Crippen LogP contribution in [0.25, 0.3) is 0 Å². The topological polar surface area (TPSA) is 46.6 Å². The molecular weight excluding hydrogens is 374 g/mol. The number of unbranched alkanes of at least 4 members (excludes halogenated alkanes) is 1. The van der Waals surface area contributed by atoms with Gasteiger partial charge in [-0.15, -0.1) is 0 Å². The summed E-state index contributed by atoms with van der Waals surface area (Å²) in [4.78, 5) is 28.1. The zero-order valence-electron chi connectivity index (χ0n) is 19.3. The van der Waals surface area contributed by atoms with Crippen LogP contribution in [0.1, 0.15) is 90.2 Å². The number of carbonyl (C=O) groups is 2. The summed E-state index contributed by atoms with van der Waals surface area (Å²) < 4.78 is 5.22. The number of methoxy groups -OCH3 is 1. The molecule has 2 aliphatic rings. The molecule has 162 valence electrons. The molecule has 30 heavy (non-hydrogen) atoms. The normalized spacial score (nSPS) is 28.2. The number of benzene rings is 1. The first-order chi connectivity index (χ1) is 14.2. The Balaban J connectivity index is 2.24. The molecule has 1 aromatic rings. The van der Waals surface area contributed by atoms with Crippen molar-refractivity contribution in [2.24, 2.45) is 11.3 Å². The average Bonchev–Trinajstić information content (AvgIpc) is 2.81. The van der Waals surface area contributed by atoms with Gasteiger partial charge >= 0.3 is 5.97 Å². The molecular formula is C26H35NO3. The van der Waals surface area contributed by atoms with E-state index in [9.17, 15) is 9.59 Å². The highest BCUT2D eigenvalue weighted by molar-refractivity contribution is 5.99. The summed E-state index contributed by atoms with van der Waals surface area (Å²) in [5.41, 5.74) is 2.25. The van der Waals surface area contributed by atoms with Gasteiger partial charge in [-0.1, -0.05) is 52.2 Å². The highest BCUT2D eigenvalue weighted by Gasteiger charge is 2.57. The number of hydrogen-bond donors (Lipinski definition) is 0. The van der Waals surface area contributed by atoms with E-state index < -0.39 is 5.41 Å². The molecule has 1 aliphatic carbocycles. The van der Waals surface area contributed by atoms with Crippen molar-refractivity contribution in [3.05, 3.63) is 29.3 Å². The van der Waals surface area contributed by atoms with Crippen LogP contribution in [0.5, 0.6) is 0 Å². The molecule has 1 heterocycles. The largest absolute Gasteiger partial charge is 0.469 e. The molecule has 0 radical (unpaired) electrons. The minimum Gasteiger partial charge on any atom is -0.469 e. The van der Waals surface area contributed by atoms with E-state index in [4.69, 9.17) is 4.74 Å². The first kappa shape index (κ1) is 22.4. The zero-order valence-corrected chi connectivity index (χ0v) is 19.3. The lowest BCUT2D eigenvalue weighted by molar-refractivity contribution is -0.161. The molecule has 1 saturated carbocycles. The summed E-state index contributed by atoms with van der Waals surface area (Å²) >= 11 is 0. The molecule has 4 nitrogen and oxygen atoms in total. The van der Waals surface area contributed by atoms with E-state index in [1.807, 2.05) is 6.92 Å². The van der Waals surface area contributed by atoms with Crippen LogP contribution >= 0.6 is 0 Å². The van der Waals surface area contributed by atoms with Crippen molar-refractivity contribution in [3.63, 3.8) is 0 Å². The van der Waals surface area contributed by atoms with Gasteiger partial charge in [-0.3, -0.25) is 9.59 Å². The summed E-state index contributed by atoms with van der Waals surface area (Å²) in [6, 6.07) is 9.63. The molecule has 0 saturated heterocycles. The Hall–Kier alpha value is -2.28. The van der Waals surface area contributed by atoms with Crippen molar-refractivity contribution >= 4 is 17.6 Å². The van der Waals surface area contributed by atoms with E-state index in [0.29, 0.717) is 12.3 Å². The maximum absolute atomic E-state index is 13.5. The van der Waals surface area contributed by atoms with Crippen molar-refractivity contribution < 1.29 is 14.3 Å². The van der Waals surface area contributed by atoms with Gasteiger partial charge in [0.05, 0.1) is 18.2 Å². The summed E-state index contributed by atoms with van der Waals surface area (Å²) in [7, 11) is 1.45. The Kier molecular flexibility index (Phi) is 6.32. The summed E-state index contributed by atoms with van der Waals surface area (Å²) in [5, 5.41) is 0. The molecule has 0 N–H and O–H groups in total. The van der Waals surface area contributed by atoms with Gasteiger partial charge in [-0.25, -0.2) is 4.90 Å². The van der Waals surface area contributed by atoms with E-state index in [1.54, 1.807) is 4.90 Å². The smallest absolute Gasteiger partial charge is 0.311 e. The molecule has 3 atom stereocenters. The van der Waals surface area contributed by atoms with Gasteiger partial charge in [0.1, 0.15) is 0 Å². The van der Waals surface area contributed by atoms with Crippen LogP contribution in [0.2, 0.25) is 0 Å². The third-order valence-corrected chi connectivity index (χ3v) is 7.32. The average molecular weight is 410 g/mol. The van der Waals surface area contributed by atoms with E-state index in [-0.39, 0.29) is 23.2 Å². The number of amides is 1. The second-order valence-electron chi connectivity index (χ2n) is 9.64. The molecule has 1 fully saturated rings. The molecule has 0 unspecified atom stereocenters. The van der Waals surface area contributed by atoms with E-state index in [1.165, 1.54) is 12.7 Å². The first-order valence-corrected chi connectivity index (χ1v) is 11.2. The van der Waals surface area contributed by atoms with Crippen LogP contribution in [-0.2, 0) is 19.7 Å². The predicted octanol–water partition coefficient (Wildman–Crippen LogP) is 5.54. The van der Waals surface area contributed by atoms with E-state index >= 15 is 0 Å². The van der Waals surface area contributed by atoms with Gasteiger partial charge in [-0.2, -0.15) is 0 Å². The quantitative estimate of drug-likeness (QED) is 0.486. The molecule has 0 bridgehead atoms. The van der Waals surface area contributed by atoms with Gasteiger partial charge in [0, 0.05) is 18.9 Å². The fraction of sp³-hybridized carbons (Fsp3) is 0.615. The molecule has 1 amide bonds. The number of esters is 1. The molecule has 1 aromatic carbocycles. The maximum Gasteiger partial charge on any atom is 0.311 e. The highest BCUT2D eigenvalue weighted by Crippen LogP contribution is 2.57. The summed E-state index contributed by atoms with van der Waals surface area (Å²) in [6.45, 7) is 10.6. The number of rotatable bonds is 3. The lowest BCUT2D eigenvalue weighted by Crippen LogP contribution is -2.51. The van der Waals surface area contributed by atoms with Crippen LogP contribution in [0.4, 0.5) is 5.69 Å². The molecule has 3 rings (SSSR count). The lowest BCUT2D eigenvalue weighted by Gasteiger charge is -2.50. The summed E-state index contributed by atoms with van der Waals surface area (Å²) in [6.07, 6.45) is 4.63. The number of carbonyl (C=O) groups excluding carboxylic acids is 2. The van der Waals surface area contributed by atoms with Crippen LogP contribution in [0.15, 0.2) is 18.2 Å². The van der Waals surface area contributed by atoms with Crippen molar-refractivity contribution in [3.8, 4) is 12.0 Å². The molecule has 0 aromatic heterocycles. The number of nitrogens with zero attached hydrogens (tertiary/aromatic N) is 1. The van der Waals surface area contributed by atoms with Gasteiger partial charge in [-0.05, 0) is 60.6 Å². The predicted molar refractivity (Wildman–Crippen MR) is 120 cm³/mol. The SMILES string of the molecule is CCCC#CN1C(=O)C[C@H]2[C@](C)(C(=O)OC)CCC[C@]2(C)c2ccc(C(C)C)cc21. The lowest BCUT2D eigenvalue weighted by atomic mass is 9.53. The zero-order chi connectivity index (χ0) is 22.1. The van der Waals surface area contributed by atoms with Crippen molar-refractivity contribution in [2.45, 2.75) is 84.5 Å². The van der Waals surface area contributed by atoms with Crippen molar-refractivity contribution in [2.75, 3.05) is 12.0 Å². The summed E-state index contributed by atoms with van der Waals surface area (Å²) in [5.74, 6) is 3.16. The number of anilines is 1. The number of ether oxygens (including phenoxy) is 1. The van der Waals surface area contributed by atoms with Gasteiger partial charge in [0.2, 0.25) is 5.91 Å². The Labute approximate surface area is 181 Å². The van der Waals surface area contributed by atoms with Gasteiger partial charge < -0.3 is 4.74 Å². The molecule has 0 spiro atoms. The van der Waals surface area contributed by atoms with Crippen molar-refractivity contribution in [1.82, 2.24) is 0 Å². The van der Waals surface area contributed by atoms with Gasteiger partial charge in [0.15, 0.2) is 0 Å². The van der Waals surface area contributed by atoms with Crippen LogP contribution < -0.4 is 4.90 Å². The third-order valence-electron chi connectivity index (χ3n) is 7.32. The second kappa shape index (κ2) is 8.46. The minimum absolute atomic E-state index is 0.0217. The van der Waals surface area contributed by atoms with Gasteiger partial charge in [0.25, 0.3) is 0 Å². The van der Waals surface area contributed by atoms with Crippen LogP contribution in [0.3, 0.4) is 0 Å². The Morgan fingerprint density at radius 2 is 2.03 bits per heavy atom. The third kappa shape index (κ3) is 3.64. The second-order valence-corrected chi connectivity index (χ2v) is 9.64. The minimum atomic E-state index is -0.682.